The van der Waals surface area contributed by atoms with Gasteiger partial charge >= 0.3 is 0 Å². The molecule has 0 aliphatic rings. The van der Waals surface area contributed by atoms with E-state index in [0.29, 0.717) is 53.7 Å². The van der Waals surface area contributed by atoms with Crippen molar-refractivity contribution in [1.82, 2.24) is 10.2 Å². The fourth-order valence-corrected chi connectivity index (χ4v) is 3.74. The fourth-order valence-electron chi connectivity index (χ4n) is 3.06. The highest BCUT2D eigenvalue weighted by atomic mass is 32.2. The second-order valence-electron chi connectivity index (χ2n) is 7.09. The van der Waals surface area contributed by atoms with Gasteiger partial charge in [-0.05, 0) is 64.4 Å². The van der Waals surface area contributed by atoms with Crippen molar-refractivity contribution >= 4 is 23.4 Å². The first-order chi connectivity index (χ1) is 15.9. The molecule has 1 N–H and O–H groups in total. The summed E-state index contributed by atoms with van der Waals surface area (Å²) in [6.07, 6.45) is 0. The average molecular weight is 472 g/mol. The van der Waals surface area contributed by atoms with E-state index in [-0.39, 0.29) is 5.91 Å². The van der Waals surface area contributed by atoms with Gasteiger partial charge in [-0.25, -0.2) is 0 Å². The van der Waals surface area contributed by atoms with Crippen LogP contribution in [0.4, 0.5) is 5.69 Å². The predicted molar refractivity (Wildman–Crippen MR) is 128 cm³/mol. The van der Waals surface area contributed by atoms with Crippen molar-refractivity contribution in [1.29, 1.82) is 0 Å². The van der Waals surface area contributed by atoms with E-state index in [1.54, 1.807) is 19.1 Å². The zero-order chi connectivity index (χ0) is 23.8. The number of rotatable bonds is 11. The fraction of sp³-hybridized carbons (Fsp3) is 0.375. The third-order valence-corrected chi connectivity index (χ3v) is 5.43. The van der Waals surface area contributed by atoms with Gasteiger partial charge in [-0.2, -0.15) is 0 Å². The number of aromatic nitrogens is 2. The van der Waals surface area contributed by atoms with Crippen LogP contribution in [0.5, 0.6) is 17.2 Å². The van der Waals surface area contributed by atoms with Crippen LogP contribution >= 0.6 is 11.8 Å². The van der Waals surface area contributed by atoms with Crippen LogP contribution in [-0.2, 0) is 4.79 Å². The molecule has 176 valence electrons. The molecule has 8 nitrogen and oxygen atoms in total. The summed E-state index contributed by atoms with van der Waals surface area (Å²) in [4.78, 5) is 12.6. The normalized spacial score (nSPS) is 11.7. The molecule has 1 atom stereocenters. The molecule has 33 heavy (non-hydrogen) atoms. The van der Waals surface area contributed by atoms with Crippen molar-refractivity contribution in [2.75, 3.05) is 25.1 Å². The molecule has 9 heteroatoms. The summed E-state index contributed by atoms with van der Waals surface area (Å²) in [5, 5.41) is 11.0. The smallest absolute Gasteiger partial charge is 0.277 e. The maximum Gasteiger partial charge on any atom is 0.277 e. The number of benzene rings is 2. The summed E-state index contributed by atoms with van der Waals surface area (Å²) in [5.41, 5.74) is 2.46. The largest absolute Gasteiger partial charge is 0.490 e. The number of amides is 1. The summed E-state index contributed by atoms with van der Waals surface area (Å²) in [5.74, 6) is 1.77. The number of aryl methyl sites for hydroxylation is 1. The van der Waals surface area contributed by atoms with Gasteiger partial charge in [-0.1, -0.05) is 23.9 Å². The molecular formula is C24H29N3O5S. The molecule has 0 aliphatic heterocycles. The molecule has 1 unspecified atom stereocenters. The Kier molecular flexibility index (Phi) is 8.59. The van der Waals surface area contributed by atoms with Crippen molar-refractivity contribution in [3.05, 3.63) is 42.0 Å². The molecule has 0 fully saturated rings. The number of thioether (sulfide) groups is 1. The molecule has 0 spiro atoms. The first-order valence-corrected chi connectivity index (χ1v) is 11.8. The van der Waals surface area contributed by atoms with Gasteiger partial charge in [-0.3, -0.25) is 4.79 Å². The SMILES string of the molecule is CCOc1cc(-c2nnc(SC(C)C(=O)Nc3cccc(C)c3)o2)cc(OCC)c1OCC. The monoisotopic (exact) mass is 471 g/mol. The molecule has 0 saturated carbocycles. The Hall–Kier alpha value is -3.20. The van der Waals surface area contributed by atoms with E-state index in [2.05, 4.69) is 15.5 Å². The number of nitrogens with zero attached hydrogens (tertiary/aromatic N) is 2. The number of carbonyl (C=O) groups is 1. The third kappa shape index (κ3) is 6.41. The number of hydrogen-bond acceptors (Lipinski definition) is 8. The van der Waals surface area contributed by atoms with Gasteiger partial charge in [0.05, 0.1) is 25.1 Å². The lowest BCUT2D eigenvalue weighted by Crippen LogP contribution is -2.22. The lowest BCUT2D eigenvalue weighted by atomic mass is 10.2. The quantitative estimate of drug-likeness (QED) is 0.373. The van der Waals surface area contributed by atoms with Gasteiger partial charge in [0.25, 0.3) is 5.22 Å². The van der Waals surface area contributed by atoms with Gasteiger partial charge in [-0.15, -0.1) is 10.2 Å². The Morgan fingerprint density at radius 3 is 2.30 bits per heavy atom. The molecule has 0 bridgehead atoms. The van der Waals surface area contributed by atoms with Crippen LogP contribution in [-0.4, -0.2) is 41.2 Å². The Morgan fingerprint density at radius 1 is 1.03 bits per heavy atom. The summed E-state index contributed by atoms with van der Waals surface area (Å²) in [6.45, 7) is 10.9. The number of nitrogens with one attached hydrogen (secondary N) is 1. The Balaban J connectivity index is 1.77. The van der Waals surface area contributed by atoms with Crippen molar-refractivity contribution in [3.63, 3.8) is 0 Å². The van der Waals surface area contributed by atoms with E-state index in [1.165, 1.54) is 11.8 Å². The van der Waals surface area contributed by atoms with Crippen LogP contribution in [0.2, 0.25) is 0 Å². The molecule has 1 amide bonds. The zero-order valence-electron chi connectivity index (χ0n) is 19.5. The number of ether oxygens (including phenoxy) is 3. The van der Waals surface area contributed by atoms with Crippen molar-refractivity contribution < 1.29 is 23.4 Å². The van der Waals surface area contributed by atoms with Crippen LogP contribution in [0, 0.1) is 6.92 Å². The third-order valence-electron chi connectivity index (χ3n) is 4.49. The van der Waals surface area contributed by atoms with Crippen LogP contribution in [0.1, 0.15) is 33.3 Å². The van der Waals surface area contributed by atoms with Crippen molar-refractivity contribution in [2.24, 2.45) is 0 Å². The summed E-state index contributed by atoms with van der Waals surface area (Å²) < 4.78 is 23.1. The van der Waals surface area contributed by atoms with Crippen molar-refractivity contribution in [2.45, 2.75) is 45.1 Å². The lowest BCUT2D eigenvalue weighted by Gasteiger charge is -2.16. The van der Waals surface area contributed by atoms with E-state index >= 15 is 0 Å². The minimum absolute atomic E-state index is 0.149. The van der Waals surface area contributed by atoms with E-state index < -0.39 is 5.25 Å². The lowest BCUT2D eigenvalue weighted by molar-refractivity contribution is -0.115. The van der Waals surface area contributed by atoms with Crippen LogP contribution < -0.4 is 19.5 Å². The van der Waals surface area contributed by atoms with Gasteiger partial charge in [0.1, 0.15) is 0 Å². The van der Waals surface area contributed by atoms with Gasteiger partial charge in [0.15, 0.2) is 11.5 Å². The summed E-state index contributed by atoms with van der Waals surface area (Å²) >= 11 is 1.19. The highest BCUT2D eigenvalue weighted by Crippen LogP contribution is 2.42. The average Bonchev–Trinajstić information content (AvgIpc) is 3.24. The van der Waals surface area contributed by atoms with Gasteiger partial charge < -0.3 is 23.9 Å². The zero-order valence-corrected chi connectivity index (χ0v) is 20.3. The number of anilines is 1. The Morgan fingerprint density at radius 2 is 1.70 bits per heavy atom. The number of hydrogen-bond donors (Lipinski definition) is 1. The van der Waals surface area contributed by atoms with E-state index in [1.807, 2.05) is 52.0 Å². The number of carbonyl (C=O) groups excluding carboxylic acids is 1. The predicted octanol–water partition coefficient (Wildman–Crippen LogP) is 5.36. The standard InChI is InChI=1S/C24H29N3O5S/c1-6-29-19-13-17(14-20(30-7-2)21(19)31-8-3)23-26-27-24(32-23)33-16(5)22(28)25-18-11-9-10-15(4)12-18/h9-14,16H,6-8H2,1-5H3,(H,25,28). The molecule has 1 heterocycles. The summed E-state index contributed by atoms with van der Waals surface area (Å²) in [7, 11) is 0. The topological polar surface area (TPSA) is 95.7 Å². The second-order valence-corrected chi connectivity index (χ2v) is 8.38. The molecule has 2 aromatic carbocycles. The van der Waals surface area contributed by atoms with Crippen LogP contribution in [0.25, 0.3) is 11.5 Å². The van der Waals surface area contributed by atoms with Crippen LogP contribution in [0.3, 0.4) is 0 Å². The molecule has 0 radical (unpaired) electrons. The molecule has 0 saturated heterocycles. The highest BCUT2D eigenvalue weighted by molar-refractivity contribution is 8.00. The second kappa shape index (κ2) is 11.6. The molecule has 1 aromatic heterocycles. The van der Waals surface area contributed by atoms with Crippen molar-refractivity contribution in [3.8, 4) is 28.7 Å². The van der Waals surface area contributed by atoms with E-state index in [9.17, 15) is 4.79 Å². The highest BCUT2D eigenvalue weighted by Gasteiger charge is 2.21. The first-order valence-electron chi connectivity index (χ1n) is 10.9. The van der Waals surface area contributed by atoms with Crippen LogP contribution in [0.15, 0.2) is 46.0 Å². The maximum absolute atomic E-state index is 12.6. The molecule has 3 aromatic rings. The summed E-state index contributed by atoms with van der Waals surface area (Å²) in [6, 6.07) is 11.2. The Bertz CT molecular complexity index is 1060. The minimum Gasteiger partial charge on any atom is -0.490 e. The first kappa shape index (κ1) is 24.4. The maximum atomic E-state index is 12.6. The molecule has 0 aliphatic carbocycles. The van der Waals surface area contributed by atoms with Gasteiger partial charge in [0, 0.05) is 11.3 Å². The van der Waals surface area contributed by atoms with E-state index in [4.69, 9.17) is 18.6 Å². The molecular weight excluding hydrogens is 442 g/mol. The minimum atomic E-state index is -0.433. The molecule has 3 rings (SSSR count). The Labute approximate surface area is 198 Å². The van der Waals surface area contributed by atoms with Gasteiger partial charge in [0.2, 0.25) is 17.5 Å². The van der Waals surface area contributed by atoms with E-state index in [0.717, 1.165) is 11.3 Å².